The summed E-state index contributed by atoms with van der Waals surface area (Å²) in [4.78, 5) is 36.6. The van der Waals surface area contributed by atoms with E-state index >= 15 is 0 Å². The Kier molecular flexibility index (Phi) is 12.6. The van der Waals surface area contributed by atoms with Crippen LogP contribution in [-0.2, 0) is 4.79 Å². The Morgan fingerprint density at radius 2 is 1.69 bits per heavy atom. The van der Waals surface area contributed by atoms with Gasteiger partial charge in [-0.15, -0.1) is 0 Å². The van der Waals surface area contributed by atoms with E-state index < -0.39 is 0 Å². The molecular weight excluding hydrogens is 362 g/mol. The fraction of sp³-hybridized carbons (Fsp3) is 0.560. The fourth-order valence-corrected chi connectivity index (χ4v) is 3.45. The summed E-state index contributed by atoms with van der Waals surface area (Å²) in [7, 11) is 0. The Labute approximate surface area is 176 Å². The molecule has 0 spiro atoms. The van der Waals surface area contributed by atoms with Crippen molar-refractivity contribution in [3.05, 3.63) is 34.9 Å². The van der Waals surface area contributed by atoms with E-state index in [1.807, 2.05) is 6.07 Å². The number of Topliss-reactive ketones (excluding diaryl/α,β-unsaturated/α-hetero) is 2. The lowest BCUT2D eigenvalue weighted by Crippen LogP contribution is -2.26. The van der Waals surface area contributed by atoms with Gasteiger partial charge in [0, 0.05) is 36.1 Å². The summed E-state index contributed by atoms with van der Waals surface area (Å²) in [5.74, 6) is 6.06. The number of ketones is 2. The molecule has 0 amide bonds. The van der Waals surface area contributed by atoms with E-state index in [2.05, 4.69) is 23.7 Å². The maximum atomic E-state index is 12.0. The highest BCUT2D eigenvalue weighted by Crippen LogP contribution is 2.16. The Bertz CT molecular complexity index is 727. The summed E-state index contributed by atoms with van der Waals surface area (Å²) in [5, 5.41) is 0. The van der Waals surface area contributed by atoms with Crippen LogP contribution in [0.3, 0.4) is 0 Å². The normalized spacial score (nSPS) is 10.5. The fourth-order valence-electron chi connectivity index (χ4n) is 3.45. The Morgan fingerprint density at radius 1 is 0.966 bits per heavy atom. The van der Waals surface area contributed by atoms with E-state index in [0.29, 0.717) is 23.1 Å². The van der Waals surface area contributed by atoms with Crippen LogP contribution >= 0.6 is 0 Å². The second-order valence-corrected chi connectivity index (χ2v) is 7.46. The first-order chi connectivity index (χ1) is 14.0. The molecule has 0 aliphatic heterocycles. The zero-order chi connectivity index (χ0) is 21.5. The molecule has 4 nitrogen and oxygen atoms in total. The lowest BCUT2D eigenvalue weighted by atomic mass is 9.96. The highest BCUT2D eigenvalue weighted by Gasteiger charge is 2.14. The first-order valence-electron chi connectivity index (χ1n) is 10.8. The Morgan fingerprint density at radius 3 is 2.34 bits per heavy atom. The first kappa shape index (κ1) is 24.8. The van der Waals surface area contributed by atoms with Crippen molar-refractivity contribution in [2.24, 2.45) is 0 Å². The van der Waals surface area contributed by atoms with Crippen LogP contribution in [0.15, 0.2) is 18.2 Å². The van der Waals surface area contributed by atoms with Crippen LogP contribution in [0.1, 0.15) is 98.4 Å². The molecule has 0 heterocycles. The molecule has 0 saturated carbocycles. The van der Waals surface area contributed by atoms with Crippen LogP contribution in [0, 0.1) is 11.8 Å². The van der Waals surface area contributed by atoms with Crippen molar-refractivity contribution in [1.82, 2.24) is 4.90 Å². The molecular formula is C25H35NO3. The van der Waals surface area contributed by atoms with Gasteiger partial charge in [-0.3, -0.25) is 9.59 Å². The van der Waals surface area contributed by atoms with Crippen LogP contribution in [0.4, 0.5) is 0 Å². The van der Waals surface area contributed by atoms with Crippen molar-refractivity contribution in [3.63, 3.8) is 0 Å². The highest BCUT2D eigenvalue weighted by molar-refractivity contribution is 6.08. The average molecular weight is 398 g/mol. The molecule has 1 aromatic carbocycles. The molecule has 4 heteroatoms. The smallest absolute Gasteiger partial charge is 0.161 e. The Hall–Kier alpha value is -2.25. The van der Waals surface area contributed by atoms with Gasteiger partial charge in [0.2, 0.25) is 0 Å². The van der Waals surface area contributed by atoms with Crippen LogP contribution in [-0.4, -0.2) is 42.4 Å². The predicted molar refractivity (Wildman–Crippen MR) is 118 cm³/mol. The third kappa shape index (κ3) is 9.67. The molecule has 158 valence electrons. The minimum absolute atomic E-state index is 0.112. The van der Waals surface area contributed by atoms with Gasteiger partial charge in [0.1, 0.15) is 6.29 Å². The van der Waals surface area contributed by atoms with Gasteiger partial charge in [-0.1, -0.05) is 50.2 Å². The predicted octanol–water partition coefficient (Wildman–Crippen LogP) is 5.08. The molecule has 0 N–H and O–H groups in total. The van der Waals surface area contributed by atoms with Crippen molar-refractivity contribution in [2.75, 3.05) is 19.6 Å². The van der Waals surface area contributed by atoms with Crippen molar-refractivity contribution < 1.29 is 14.4 Å². The van der Waals surface area contributed by atoms with Crippen molar-refractivity contribution >= 4 is 17.9 Å². The van der Waals surface area contributed by atoms with Gasteiger partial charge in [-0.2, -0.15) is 0 Å². The summed E-state index contributed by atoms with van der Waals surface area (Å²) in [6.45, 7) is 8.18. The molecule has 0 aliphatic rings. The van der Waals surface area contributed by atoms with E-state index in [4.69, 9.17) is 0 Å². The van der Waals surface area contributed by atoms with E-state index in [0.717, 1.165) is 51.6 Å². The van der Waals surface area contributed by atoms with Gasteiger partial charge >= 0.3 is 0 Å². The number of hydrogen-bond acceptors (Lipinski definition) is 4. The average Bonchev–Trinajstić information content (AvgIpc) is 2.69. The van der Waals surface area contributed by atoms with E-state index in [1.165, 1.54) is 33.1 Å². The molecule has 0 fully saturated rings. The van der Waals surface area contributed by atoms with E-state index in [1.54, 1.807) is 12.1 Å². The summed E-state index contributed by atoms with van der Waals surface area (Å²) < 4.78 is 0. The maximum Gasteiger partial charge on any atom is 0.161 e. The molecule has 1 rings (SSSR count). The molecule has 0 unspecified atom stereocenters. The van der Waals surface area contributed by atoms with Gasteiger partial charge in [0.25, 0.3) is 0 Å². The third-order valence-corrected chi connectivity index (χ3v) is 4.91. The van der Waals surface area contributed by atoms with Crippen LogP contribution in [0.5, 0.6) is 0 Å². The van der Waals surface area contributed by atoms with Gasteiger partial charge in [-0.05, 0) is 52.3 Å². The van der Waals surface area contributed by atoms with Gasteiger partial charge in [-0.25, -0.2) is 0 Å². The standard InChI is InChI=1S/C25H35NO3/c1-4-17-26(18-10-7-5-6-8-12-20-27)19-11-9-14-23-15-13-16-24(21(2)28)25(23)22(3)29/h13,15-16,20H,4-8,10-12,17-19H2,1-3H3. The Balaban J connectivity index is 2.57. The second-order valence-electron chi connectivity index (χ2n) is 7.46. The van der Waals surface area contributed by atoms with Crippen molar-refractivity contribution in [3.8, 4) is 11.8 Å². The SMILES string of the molecule is CCCN(CCC#Cc1cccc(C(C)=O)c1C(C)=O)CCCCCCCC=O. The van der Waals surface area contributed by atoms with E-state index in [9.17, 15) is 14.4 Å². The largest absolute Gasteiger partial charge is 0.303 e. The van der Waals surface area contributed by atoms with Crippen LogP contribution < -0.4 is 0 Å². The molecule has 1 aromatic rings. The minimum atomic E-state index is -0.124. The summed E-state index contributed by atoms with van der Waals surface area (Å²) >= 11 is 0. The second kappa shape index (κ2) is 14.7. The third-order valence-electron chi connectivity index (χ3n) is 4.91. The summed E-state index contributed by atoms with van der Waals surface area (Å²) in [6, 6.07) is 5.28. The zero-order valence-corrected chi connectivity index (χ0v) is 18.3. The molecule has 0 bridgehead atoms. The highest BCUT2D eigenvalue weighted by atomic mass is 16.1. The number of aldehydes is 1. The lowest BCUT2D eigenvalue weighted by Gasteiger charge is -2.20. The number of unbranched alkanes of at least 4 members (excludes halogenated alkanes) is 5. The minimum Gasteiger partial charge on any atom is -0.303 e. The van der Waals surface area contributed by atoms with Crippen LogP contribution in [0.2, 0.25) is 0 Å². The zero-order valence-electron chi connectivity index (χ0n) is 18.3. The van der Waals surface area contributed by atoms with Crippen molar-refractivity contribution in [1.29, 1.82) is 0 Å². The first-order valence-corrected chi connectivity index (χ1v) is 10.8. The number of hydrogen-bond donors (Lipinski definition) is 0. The number of carbonyl (C=O) groups is 3. The van der Waals surface area contributed by atoms with E-state index in [-0.39, 0.29) is 11.6 Å². The molecule has 0 aromatic heterocycles. The molecule has 0 radical (unpaired) electrons. The lowest BCUT2D eigenvalue weighted by molar-refractivity contribution is -0.107. The van der Waals surface area contributed by atoms with Gasteiger partial charge in [0.15, 0.2) is 11.6 Å². The summed E-state index contributed by atoms with van der Waals surface area (Å²) in [5.41, 5.74) is 1.53. The van der Waals surface area contributed by atoms with Gasteiger partial charge in [0.05, 0.1) is 0 Å². The number of nitrogens with zero attached hydrogens (tertiary/aromatic N) is 1. The quantitative estimate of drug-likeness (QED) is 0.190. The van der Waals surface area contributed by atoms with Crippen molar-refractivity contribution in [2.45, 2.75) is 72.1 Å². The monoisotopic (exact) mass is 397 g/mol. The number of rotatable bonds is 14. The topological polar surface area (TPSA) is 54.5 Å². The van der Waals surface area contributed by atoms with Gasteiger partial charge < -0.3 is 9.69 Å². The molecule has 0 atom stereocenters. The number of benzene rings is 1. The molecule has 0 saturated heterocycles. The number of carbonyl (C=O) groups excluding carboxylic acids is 3. The maximum absolute atomic E-state index is 12.0. The molecule has 29 heavy (non-hydrogen) atoms. The summed E-state index contributed by atoms with van der Waals surface area (Å²) in [6.07, 6.45) is 9.23. The van der Waals surface area contributed by atoms with Crippen LogP contribution in [0.25, 0.3) is 0 Å². The molecule has 0 aliphatic carbocycles.